The Balaban J connectivity index is 1.88. The highest BCUT2D eigenvalue weighted by Crippen LogP contribution is 2.19. The van der Waals surface area contributed by atoms with Crippen molar-refractivity contribution in [3.63, 3.8) is 0 Å². The summed E-state index contributed by atoms with van der Waals surface area (Å²) in [5.41, 5.74) is 4.03. The molecular formula is C19H24N2O3. The molecule has 0 aliphatic carbocycles. The van der Waals surface area contributed by atoms with E-state index in [2.05, 4.69) is 23.6 Å². The molecule has 2 aromatic rings. The van der Waals surface area contributed by atoms with Crippen LogP contribution in [0.4, 0.5) is 11.4 Å². The standard InChI is InChI=1S/C19H24N2O3/c1-14-6-4-9-18(15(14)2)20-13-19(22)21-16-7-5-8-17(12-16)24-11-10-23-3/h4-9,12,20H,10-11,13H2,1-3H3,(H,21,22). The molecule has 0 aliphatic rings. The lowest BCUT2D eigenvalue weighted by molar-refractivity contribution is -0.114. The Morgan fingerprint density at radius 2 is 1.88 bits per heavy atom. The molecule has 24 heavy (non-hydrogen) atoms. The van der Waals surface area contributed by atoms with Gasteiger partial charge in [0.05, 0.1) is 13.2 Å². The van der Waals surface area contributed by atoms with Gasteiger partial charge in [-0.05, 0) is 43.2 Å². The maximum Gasteiger partial charge on any atom is 0.243 e. The maximum absolute atomic E-state index is 12.1. The van der Waals surface area contributed by atoms with Crippen molar-refractivity contribution in [1.82, 2.24) is 0 Å². The first kappa shape index (κ1) is 17.8. The lowest BCUT2D eigenvalue weighted by Gasteiger charge is -2.12. The molecule has 128 valence electrons. The average molecular weight is 328 g/mol. The molecule has 2 N–H and O–H groups in total. The van der Waals surface area contributed by atoms with Gasteiger partial charge in [0, 0.05) is 24.6 Å². The molecule has 0 unspecified atom stereocenters. The number of nitrogens with one attached hydrogen (secondary N) is 2. The number of benzene rings is 2. The van der Waals surface area contributed by atoms with E-state index < -0.39 is 0 Å². The van der Waals surface area contributed by atoms with Gasteiger partial charge in [-0.1, -0.05) is 18.2 Å². The topological polar surface area (TPSA) is 59.6 Å². The molecule has 0 saturated heterocycles. The monoisotopic (exact) mass is 328 g/mol. The summed E-state index contributed by atoms with van der Waals surface area (Å²) >= 11 is 0. The van der Waals surface area contributed by atoms with Gasteiger partial charge in [0.2, 0.25) is 5.91 Å². The van der Waals surface area contributed by atoms with E-state index in [9.17, 15) is 4.79 Å². The quantitative estimate of drug-likeness (QED) is 0.729. The van der Waals surface area contributed by atoms with Gasteiger partial charge in [0.1, 0.15) is 12.4 Å². The Morgan fingerprint density at radius 1 is 1.08 bits per heavy atom. The predicted octanol–water partition coefficient (Wildman–Crippen LogP) is 3.38. The Kier molecular flexibility index (Phi) is 6.63. The zero-order valence-electron chi connectivity index (χ0n) is 14.4. The van der Waals surface area contributed by atoms with E-state index in [0.717, 1.165) is 11.3 Å². The summed E-state index contributed by atoms with van der Waals surface area (Å²) in [5.74, 6) is 0.595. The zero-order valence-corrected chi connectivity index (χ0v) is 14.4. The van der Waals surface area contributed by atoms with Crippen LogP contribution in [0.15, 0.2) is 42.5 Å². The summed E-state index contributed by atoms with van der Waals surface area (Å²) < 4.78 is 10.5. The smallest absolute Gasteiger partial charge is 0.243 e. The molecule has 0 atom stereocenters. The minimum absolute atomic E-state index is 0.107. The number of hydrogen-bond acceptors (Lipinski definition) is 4. The normalized spacial score (nSPS) is 10.3. The number of methoxy groups -OCH3 is 1. The SMILES string of the molecule is COCCOc1cccc(NC(=O)CNc2cccc(C)c2C)c1. The predicted molar refractivity (Wildman–Crippen MR) is 96.8 cm³/mol. The summed E-state index contributed by atoms with van der Waals surface area (Å²) in [7, 11) is 1.63. The number of carbonyl (C=O) groups is 1. The van der Waals surface area contributed by atoms with Gasteiger partial charge in [-0.2, -0.15) is 0 Å². The molecular weight excluding hydrogens is 304 g/mol. The van der Waals surface area contributed by atoms with Crippen LogP contribution in [-0.4, -0.2) is 32.8 Å². The minimum atomic E-state index is -0.107. The highest BCUT2D eigenvalue weighted by molar-refractivity contribution is 5.94. The summed E-state index contributed by atoms with van der Waals surface area (Å²) in [6.07, 6.45) is 0. The van der Waals surface area contributed by atoms with E-state index in [1.54, 1.807) is 13.2 Å². The first-order valence-corrected chi connectivity index (χ1v) is 7.92. The molecule has 0 bridgehead atoms. The van der Waals surface area contributed by atoms with Gasteiger partial charge >= 0.3 is 0 Å². The molecule has 5 heteroatoms. The maximum atomic E-state index is 12.1. The van der Waals surface area contributed by atoms with E-state index in [4.69, 9.17) is 9.47 Å². The fourth-order valence-electron chi connectivity index (χ4n) is 2.23. The van der Waals surface area contributed by atoms with Gasteiger partial charge in [0.25, 0.3) is 0 Å². The van der Waals surface area contributed by atoms with Crippen LogP contribution < -0.4 is 15.4 Å². The van der Waals surface area contributed by atoms with E-state index >= 15 is 0 Å². The Hall–Kier alpha value is -2.53. The molecule has 0 fully saturated rings. The third-order valence-corrected chi connectivity index (χ3v) is 3.72. The lowest BCUT2D eigenvalue weighted by Crippen LogP contribution is -2.22. The number of carbonyl (C=O) groups excluding carboxylic acids is 1. The molecule has 0 aliphatic heterocycles. The number of ether oxygens (including phenoxy) is 2. The summed E-state index contributed by atoms with van der Waals surface area (Å²) in [5, 5.41) is 6.03. The van der Waals surface area contributed by atoms with Crippen molar-refractivity contribution in [2.75, 3.05) is 37.5 Å². The van der Waals surface area contributed by atoms with Gasteiger partial charge in [-0.15, -0.1) is 0 Å². The van der Waals surface area contributed by atoms with Gasteiger partial charge in [-0.25, -0.2) is 0 Å². The Labute approximate surface area is 143 Å². The number of rotatable bonds is 8. The van der Waals surface area contributed by atoms with Crippen LogP contribution in [0.25, 0.3) is 0 Å². The molecule has 0 spiro atoms. The second-order valence-corrected chi connectivity index (χ2v) is 5.52. The van der Waals surface area contributed by atoms with Crippen LogP contribution in [0.5, 0.6) is 5.75 Å². The minimum Gasteiger partial charge on any atom is -0.491 e. The van der Waals surface area contributed by atoms with Crippen LogP contribution in [0.3, 0.4) is 0 Å². The average Bonchev–Trinajstić information content (AvgIpc) is 2.57. The second kappa shape index (κ2) is 8.93. The van der Waals surface area contributed by atoms with Gasteiger partial charge in [-0.3, -0.25) is 4.79 Å². The highest BCUT2D eigenvalue weighted by atomic mass is 16.5. The Bertz CT molecular complexity index is 686. The number of anilines is 2. The van der Waals surface area contributed by atoms with Crippen LogP contribution in [-0.2, 0) is 9.53 Å². The third kappa shape index (κ3) is 5.28. The van der Waals surface area contributed by atoms with Gasteiger partial charge in [0.15, 0.2) is 0 Å². The van der Waals surface area contributed by atoms with E-state index in [0.29, 0.717) is 24.7 Å². The van der Waals surface area contributed by atoms with Gasteiger partial charge < -0.3 is 20.1 Å². The van der Waals surface area contributed by atoms with Crippen LogP contribution in [0.1, 0.15) is 11.1 Å². The van der Waals surface area contributed by atoms with Crippen molar-refractivity contribution in [2.24, 2.45) is 0 Å². The number of aryl methyl sites for hydroxylation is 1. The summed E-state index contributed by atoms with van der Waals surface area (Å²) in [6.45, 7) is 5.30. The van der Waals surface area contributed by atoms with E-state index in [1.165, 1.54) is 5.56 Å². The molecule has 1 amide bonds. The fraction of sp³-hybridized carbons (Fsp3) is 0.316. The van der Waals surface area contributed by atoms with Crippen molar-refractivity contribution in [3.8, 4) is 5.75 Å². The van der Waals surface area contributed by atoms with Crippen molar-refractivity contribution in [2.45, 2.75) is 13.8 Å². The van der Waals surface area contributed by atoms with Crippen molar-refractivity contribution >= 4 is 17.3 Å². The second-order valence-electron chi connectivity index (χ2n) is 5.52. The third-order valence-electron chi connectivity index (χ3n) is 3.72. The fourth-order valence-corrected chi connectivity index (χ4v) is 2.23. The largest absolute Gasteiger partial charge is 0.491 e. The molecule has 2 rings (SSSR count). The van der Waals surface area contributed by atoms with Crippen molar-refractivity contribution in [3.05, 3.63) is 53.6 Å². The molecule has 5 nitrogen and oxygen atoms in total. The highest BCUT2D eigenvalue weighted by Gasteiger charge is 2.05. The molecule has 0 radical (unpaired) electrons. The molecule has 0 aromatic heterocycles. The Morgan fingerprint density at radius 3 is 2.67 bits per heavy atom. The van der Waals surface area contributed by atoms with E-state index in [1.807, 2.05) is 37.3 Å². The van der Waals surface area contributed by atoms with Crippen LogP contribution >= 0.6 is 0 Å². The number of amides is 1. The molecule has 2 aromatic carbocycles. The molecule has 0 heterocycles. The van der Waals surface area contributed by atoms with Crippen LogP contribution in [0.2, 0.25) is 0 Å². The van der Waals surface area contributed by atoms with Crippen molar-refractivity contribution in [1.29, 1.82) is 0 Å². The van der Waals surface area contributed by atoms with E-state index in [-0.39, 0.29) is 12.5 Å². The number of hydrogen-bond donors (Lipinski definition) is 2. The molecule has 0 saturated carbocycles. The lowest BCUT2D eigenvalue weighted by atomic mass is 10.1. The first-order valence-electron chi connectivity index (χ1n) is 7.92. The zero-order chi connectivity index (χ0) is 17.4. The first-order chi connectivity index (χ1) is 11.6. The summed E-state index contributed by atoms with van der Waals surface area (Å²) in [6, 6.07) is 13.3. The van der Waals surface area contributed by atoms with Crippen molar-refractivity contribution < 1.29 is 14.3 Å². The van der Waals surface area contributed by atoms with Crippen LogP contribution in [0, 0.1) is 13.8 Å². The summed E-state index contributed by atoms with van der Waals surface area (Å²) in [4.78, 5) is 12.1.